The molecule has 0 unspecified atom stereocenters. The van der Waals surface area contributed by atoms with Gasteiger partial charge in [0.1, 0.15) is 0 Å². The number of carbonyl (C=O) groups excluding carboxylic acids is 1. The van der Waals surface area contributed by atoms with Crippen LogP contribution in [0.1, 0.15) is 48.7 Å². The summed E-state index contributed by atoms with van der Waals surface area (Å²) in [5.41, 5.74) is 7.33. The molecule has 1 amide bonds. The lowest BCUT2D eigenvalue weighted by Crippen LogP contribution is -2.52. The van der Waals surface area contributed by atoms with Crippen LogP contribution < -0.4 is 11.1 Å². The van der Waals surface area contributed by atoms with Gasteiger partial charge in [0.05, 0.1) is 0 Å². The molecule has 1 aliphatic rings. The highest BCUT2D eigenvalue weighted by Gasteiger charge is 2.41. The Kier molecular flexibility index (Phi) is 5.06. The molecule has 3 rings (SSSR count). The van der Waals surface area contributed by atoms with E-state index in [-0.39, 0.29) is 16.9 Å². The molecule has 1 aromatic heterocycles. The van der Waals surface area contributed by atoms with Crippen molar-refractivity contribution in [3.05, 3.63) is 58.9 Å². The zero-order valence-corrected chi connectivity index (χ0v) is 15.1. The average Bonchev–Trinajstić information content (AvgIpc) is 2.63. The van der Waals surface area contributed by atoms with Gasteiger partial charge >= 0.3 is 0 Å². The molecule has 2 aromatic rings. The maximum absolute atomic E-state index is 12.4. The number of hydrogen-bond donors (Lipinski definition) is 2. The van der Waals surface area contributed by atoms with Crippen LogP contribution in [0.15, 0.2) is 42.6 Å². The molecule has 25 heavy (non-hydrogen) atoms. The van der Waals surface area contributed by atoms with Crippen molar-refractivity contribution in [2.75, 3.05) is 6.54 Å². The number of halogens is 1. The molecule has 0 aliphatic heterocycles. The number of carbonyl (C=O) groups is 1. The quantitative estimate of drug-likeness (QED) is 0.880. The molecule has 3 N–H and O–H groups in total. The number of benzene rings is 1. The molecule has 1 fully saturated rings. The van der Waals surface area contributed by atoms with Crippen LogP contribution in [-0.4, -0.2) is 28.2 Å². The summed E-state index contributed by atoms with van der Waals surface area (Å²) in [6.07, 6.45) is 5.06. The molecule has 0 radical (unpaired) electrons. The van der Waals surface area contributed by atoms with E-state index in [1.54, 1.807) is 18.3 Å². The fourth-order valence-electron chi connectivity index (χ4n) is 3.60. The fourth-order valence-corrected chi connectivity index (χ4v) is 3.79. The van der Waals surface area contributed by atoms with E-state index in [0.717, 1.165) is 30.7 Å². The lowest BCUT2D eigenvalue weighted by Gasteiger charge is -2.45. The second-order valence-electron chi connectivity index (χ2n) is 7.12. The van der Waals surface area contributed by atoms with Gasteiger partial charge < -0.3 is 11.1 Å². The molecule has 5 nitrogen and oxygen atoms in total. The third kappa shape index (κ3) is 3.83. The fraction of sp³-hybridized carbons (Fsp3) is 0.421. The van der Waals surface area contributed by atoms with Crippen LogP contribution >= 0.6 is 11.6 Å². The second kappa shape index (κ2) is 7.10. The molecule has 6 heteroatoms. The zero-order chi connectivity index (χ0) is 17.9. The van der Waals surface area contributed by atoms with E-state index >= 15 is 0 Å². The summed E-state index contributed by atoms with van der Waals surface area (Å²) in [5, 5.41) is 11.5. The van der Waals surface area contributed by atoms with E-state index in [1.807, 2.05) is 18.2 Å². The lowest BCUT2D eigenvalue weighted by atomic mass is 9.64. The molecule has 1 aromatic carbocycles. The van der Waals surface area contributed by atoms with Gasteiger partial charge in [-0.05, 0) is 62.4 Å². The zero-order valence-electron chi connectivity index (χ0n) is 14.3. The predicted octanol–water partition coefficient (Wildman–Crippen LogP) is 3.09. The summed E-state index contributed by atoms with van der Waals surface area (Å²) >= 11 is 6.17. The molecule has 0 bridgehead atoms. The van der Waals surface area contributed by atoms with Crippen molar-refractivity contribution in [2.45, 2.75) is 43.6 Å². The van der Waals surface area contributed by atoms with Crippen molar-refractivity contribution in [3.8, 4) is 0 Å². The first-order chi connectivity index (χ1) is 12.0. The third-order valence-electron chi connectivity index (χ3n) is 5.36. The van der Waals surface area contributed by atoms with Crippen LogP contribution in [-0.2, 0) is 5.41 Å². The minimum atomic E-state index is -0.272. The summed E-state index contributed by atoms with van der Waals surface area (Å²) in [6, 6.07) is 11.3. The number of nitrogens with zero attached hydrogens (tertiary/aromatic N) is 2. The molecule has 0 spiro atoms. The van der Waals surface area contributed by atoms with E-state index in [1.165, 1.54) is 5.56 Å². The van der Waals surface area contributed by atoms with E-state index in [4.69, 9.17) is 17.3 Å². The van der Waals surface area contributed by atoms with Crippen LogP contribution in [0.25, 0.3) is 0 Å². The van der Waals surface area contributed by atoms with Crippen molar-refractivity contribution < 1.29 is 4.79 Å². The van der Waals surface area contributed by atoms with Gasteiger partial charge in [-0.25, -0.2) is 0 Å². The topological polar surface area (TPSA) is 80.9 Å². The van der Waals surface area contributed by atoms with Gasteiger partial charge in [-0.3, -0.25) is 4.79 Å². The normalized spacial score (nSPS) is 26.2. The highest BCUT2D eigenvalue weighted by atomic mass is 35.5. The molecular formula is C19H23ClN4O. The first-order valence-corrected chi connectivity index (χ1v) is 8.91. The third-order valence-corrected chi connectivity index (χ3v) is 5.59. The first kappa shape index (κ1) is 17.8. The Morgan fingerprint density at radius 1 is 1.24 bits per heavy atom. The maximum atomic E-state index is 12.4. The summed E-state index contributed by atoms with van der Waals surface area (Å²) in [4.78, 5) is 12.4. The summed E-state index contributed by atoms with van der Waals surface area (Å²) in [7, 11) is 0. The Hall–Kier alpha value is -1.98. The monoisotopic (exact) mass is 358 g/mol. The van der Waals surface area contributed by atoms with Crippen molar-refractivity contribution in [2.24, 2.45) is 5.73 Å². The van der Waals surface area contributed by atoms with E-state index in [2.05, 4.69) is 28.5 Å². The smallest absolute Gasteiger partial charge is 0.272 e. The average molecular weight is 359 g/mol. The van der Waals surface area contributed by atoms with Crippen LogP contribution in [0, 0.1) is 0 Å². The molecule has 1 aliphatic carbocycles. The summed E-state index contributed by atoms with van der Waals surface area (Å²) in [6.45, 7) is 2.65. The Balaban J connectivity index is 1.72. The van der Waals surface area contributed by atoms with Gasteiger partial charge in [0, 0.05) is 28.7 Å². The predicted molar refractivity (Wildman–Crippen MR) is 98.6 cm³/mol. The highest BCUT2D eigenvalue weighted by molar-refractivity contribution is 6.30. The van der Waals surface area contributed by atoms with Gasteiger partial charge in [-0.1, -0.05) is 23.7 Å². The van der Waals surface area contributed by atoms with Crippen molar-refractivity contribution >= 4 is 17.5 Å². The molecule has 1 heterocycles. The lowest BCUT2D eigenvalue weighted by molar-refractivity contribution is 0.0849. The standard InChI is InChI=1S/C19H23ClN4O/c1-18(23-17(25)16-6-3-11-22-24-16)7-9-19(13-21,10-8-18)14-4-2-5-15(20)12-14/h2-6,11-12H,7-10,13,21H2,1H3,(H,23,25). The highest BCUT2D eigenvalue weighted by Crippen LogP contribution is 2.43. The number of nitrogens with two attached hydrogens (primary N) is 1. The minimum absolute atomic E-state index is 0.0817. The summed E-state index contributed by atoms with van der Waals surface area (Å²) < 4.78 is 0. The van der Waals surface area contributed by atoms with Gasteiger partial charge in [0.15, 0.2) is 5.69 Å². The second-order valence-corrected chi connectivity index (χ2v) is 7.55. The maximum Gasteiger partial charge on any atom is 0.272 e. The van der Waals surface area contributed by atoms with Gasteiger partial charge in [0.25, 0.3) is 5.91 Å². The van der Waals surface area contributed by atoms with Crippen LogP contribution in [0.3, 0.4) is 0 Å². The van der Waals surface area contributed by atoms with Crippen molar-refractivity contribution in [1.82, 2.24) is 15.5 Å². The van der Waals surface area contributed by atoms with E-state index in [0.29, 0.717) is 12.2 Å². The molecule has 1 saturated carbocycles. The van der Waals surface area contributed by atoms with E-state index in [9.17, 15) is 4.79 Å². The van der Waals surface area contributed by atoms with Crippen LogP contribution in [0.5, 0.6) is 0 Å². The largest absolute Gasteiger partial charge is 0.345 e. The number of nitrogens with one attached hydrogen (secondary N) is 1. The Bertz CT molecular complexity index is 742. The SMILES string of the molecule is CC1(NC(=O)c2cccnn2)CCC(CN)(c2cccc(Cl)c2)CC1. The summed E-state index contributed by atoms with van der Waals surface area (Å²) in [5.74, 6) is -0.182. The first-order valence-electron chi connectivity index (χ1n) is 8.53. The van der Waals surface area contributed by atoms with Crippen molar-refractivity contribution in [1.29, 1.82) is 0 Å². The molecule has 132 valence electrons. The Morgan fingerprint density at radius 2 is 2.00 bits per heavy atom. The molecule has 0 saturated heterocycles. The number of rotatable bonds is 4. The number of amides is 1. The Morgan fingerprint density at radius 3 is 2.60 bits per heavy atom. The van der Waals surface area contributed by atoms with E-state index < -0.39 is 0 Å². The van der Waals surface area contributed by atoms with Gasteiger partial charge in [-0.2, -0.15) is 5.10 Å². The molecular weight excluding hydrogens is 336 g/mol. The Labute approximate surface area is 153 Å². The minimum Gasteiger partial charge on any atom is -0.345 e. The van der Waals surface area contributed by atoms with Gasteiger partial charge in [-0.15, -0.1) is 5.10 Å². The van der Waals surface area contributed by atoms with Gasteiger partial charge in [0.2, 0.25) is 0 Å². The van der Waals surface area contributed by atoms with Crippen LogP contribution in [0.4, 0.5) is 0 Å². The number of aromatic nitrogens is 2. The van der Waals surface area contributed by atoms with Crippen LogP contribution in [0.2, 0.25) is 5.02 Å². The number of hydrogen-bond acceptors (Lipinski definition) is 4. The molecule has 0 atom stereocenters. The van der Waals surface area contributed by atoms with Crippen molar-refractivity contribution in [3.63, 3.8) is 0 Å².